The SMILES string of the molecule is O=C(C1CCCC1)N1CCCN(c2nc(Cc3ccccc3)nc3onc(-c4cccc(Oc5ccccc5)c4)c23)CC1. The minimum atomic E-state index is 0.185. The smallest absolute Gasteiger partial charge is 0.263 e. The number of fused-ring (bicyclic) bond motifs is 1. The van der Waals surface area contributed by atoms with E-state index in [-0.39, 0.29) is 5.92 Å². The van der Waals surface area contributed by atoms with Gasteiger partial charge >= 0.3 is 0 Å². The average Bonchev–Trinajstić information content (AvgIpc) is 3.67. The van der Waals surface area contributed by atoms with Crippen molar-refractivity contribution in [1.29, 1.82) is 0 Å². The Bertz CT molecular complexity index is 1700. The van der Waals surface area contributed by atoms with Crippen LogP contribution in [0.5, 0.6) is 11.5 Å². The van der Waals surface area contributed by atoms with E-state index >= 15 is 0 Å². The summed E-state index contributed by atoms with van der Waals surface area (Å²) < 4.78 is 12.0. The molecule has 1 saturated carbocycles. The predicted molar refractivity (Wildman–Crippen MR) is 166 cm³/mol. The highest BCUT2D eigenvalue weighted by Crippen LogP contribution is 2.36. The molecule has 0 N–H and O–H groups in total. The Hall–Kier alpha value is -4.72. The van der Waals surface area contributed by atoms with E-state index in [2.05, 4.69) is 27.1 Å². The molecule has 2 fully saturated rings. The van der Waals surface area contributed by atoms with Gasteiger partial charge in [0.2, 0.25) is 5.91 Å². The number of carbonyl (C=O) groups excluding carboxylic acids is 1. The molecule has 3 heterocycles. The number of anilines is 1. The Morgan fingerprint density at radius 2 is 1.58 bits per heavy atom. The van der Waals surface area contributed by atoms with E-state index in [0.29, 0.717) is 48.4 Å². The molecule has 0 radical (unpaired) electrons. The first-order chi connectivity index (χ1) is 21.2. The molecule has 1 saturated heterocycles. The molecule has 0 spiro atoms. The van der Waals surface area contributed by atoms with Gasteiger partial charge in [0.05, 0.1) is 0 Å². The zero-order valence-corrected chi connectivity index (χ0v) is 24.2. The molecule has 7 rings (SSSR count). The van der Waals surface area contributed by atoms with E-state index in [4.69, 9.17) is 19.2 Å². The van der Waals surface area contributed by atoms with Crippen molar-refractivity contribution in [2.45, 2.75) is 38.5 Å². The van der Waals surface area contributed by atoms with Crippen LogP contribution in [0.2, 0.25) is 0 Å². The first kappa shape index (κ1) is 27.1. The second kappa shape index (κ2) is 12.3. The fraction of sp³-hybridized carbons (Fsp3) is 0.314. The summed E-state index contributed by atoms with van der Waals surface area (Å²) in [6.07, 6.45) is 5.82. The summed E-state index contributed by atoms with van der Waals surface area (Å²) in [4.78, 5) is 27.6. The minimum Gasteiger partial charge on any atom is -0.457 e. The van der Waals surface area contributed by atoms with Crippen molar-refractivity contribution in [3.8, 4) is 22.8 Å². The molecule has 8 nitrogen and oxygen atoms in total. The third-order valence-corrected chi connectivity index (χ3v) is 8.47. The quantitative estimate of drug-likeness (QED) is 0.209. The number of ether oxygens (including phenoxy) is 1. The van der Waals surface area contributed by atoms with E-state index in [1.807, 2.05) is 72.8 Å². The Kier molecular flexibility index (Phi) is 7.73. The molecule has 218 valence electrons. The van der Waals surface area contributed by atoms with Gasteiger partial charge in [-0.15, -0.1) is 0 Å². The molecule has 5 aromatic rings. The Morgan fingerprint density at radius 1 is 0.814 bits per heavy atom. The Balaban J connectivity index is 1.24. The number of para-hydroxylation sites is 1. The first-order valence-electron chi connectivity index (χ1n) is 15.3. The second-order valence-electron chi connectivity index (χ2n) is 11.4. The molecule has 2 aliphatic rings. The number of aromatic nitrogens is 3. The summed E-state index contributed by atoms with van der Waals surface area (Å²) >= 11 is 0. The lowest BCUT2D eigenvalue weighted by Crippen LogP contribution is -2.38. The van der Waals surface area contributed by atoms with Crippen molar-refractivity contribution in [3.63, 3.8) is 0 Å². The molecule has 1 aliphatic carbocycles. The lowest BCUT2D eigenvalue weighted by molar-refractivity contribution is -0.135. The monoisotopic (exact) mass is 573 g/mol. The number of carbonyl (C=O) groups is 1. The average molecular weight is 574 g/mol. The highest BCUT2D eigenvalue weighted by molar-refractivity contribution is 5.98. The van der Waals surface area contributed by atoms with Gasteiger partial charge in [-0.05, 0) is 49.1 Å². The normalized spacial score (nSPS) is 16.0. The van der Waals surface area contributed by atoms with Crippen LogP contribution in [0.4, 0.5) is 5.82 Å². The van der Waals surface area contributed by atoms with Gasteiger partial charge in [-0.25, -0.2) is 4.98 Å². The lowest BCUT2D eigenvalue weighted by Gasteiger charge is -2.25. The van der Waals surface area contributed by atoms with Crippen LogP contribution >= 0.6 is 0 Å². The summed E-state index contributed by atoms with van der Waals surface area (Å²) in [5, 5.41) is 5.29. The van der Waals surface area contributed by atoms with Crippen LogP contribution in [0, 0.1) is 5.92 Å². The van der Waals surface area contributed by atoms with Gasteiger partial charge in [-0.2, -0.15) is 4.98 Å². The second-order valence-corrected chi connectivity index (χ2v) is 11.4. The van der Waals surface area contributed by atoms with Crippen LogP contribution in [0.3, 0.4) is 0 Å². The molecule has 8 heteroatoms. The molecule has 43 heavy (non-hydrogen) atoms. The van der Waals surface area contributed by atoms with Crippen molar-refractivity contribution in [2.24, 2.45) is 5.92 Å². The maximum Gasteiger partial charge on any atom is 0.263 e. The summed E-state index contributed by atoms with van der Waals surface area (Å²) in [5.74, 6) is 3.46. The van der Waals surface area contributed by atoms with Gasteiger partial charge in [-0.3, -0.25) is 4.79 Å². The van der Waals surface area contributed by atoms with Gasteiger partial charge < -0.3 is 19.1 Å². The highest BCUT2D eigenvalue weighted by atomic mass is 16.5. The van der Waals surface area contributed by atoms with Gasteiger partial charge in [0, 0.05) is 44.1 Å². The molecular weight excluding hydrogens is 538 g/mol. The van der Waals surface area contributed by atoms with Gasteiger partial charge in [0.1, 0.15) is 34.2 Å². The summed E-state index contributed by atoms with van der Waals surface area (Å²) in [7, 11) is 0. The topological polar surface area (TPSA) is 84.6 Å². The van der Waals surface area contributed by atoms with Crippen molar-refractivity contribution < 1.29 is 14.1 Å². The molecular formula is C35H35N5O3. The van der Waals surface area contributed by atoms with Gasteiger partial charge in [0.15, 0.2) is 0 Å². The maximum atomic E-state index is 13.3. The number of benzene rings is 3. The molecule has 1 aliphatic heterocycles. The number of amides is 1. The summed E-state index contributed by atoms with van der Waals surface area (Å²) in [5.41, 5.74) is 3.13. The summed E-state index contributed by atoms with van der Waals surface area (Å²) in [6, 6.07) is 27.8. The fourth-order valence-electron chi connectivity index (χ4n) is 6.28. The molecule has 0 bridgehead atoms. The van der Waals surface area contributed by atoms with Crippen LogP contribution in [0.15, 0.2) is 89.5 Å². The number of hydrogen-bond acceptors (Lipinski definition) is 7. The zero-order chi connectivity index (χ0) is 29.0. The number of rotatable bonds is 7. The van der Waals surface area contributed by atoms with Gasteiger partial charge in [0.25, 0.3) is 5.71 Å². The molecule has 0 atom stereocenters. The Labute approximate surface area is 251 Å². The van der Waals surface area contributed by atoms with Crippen molar-refractivity contribution in [3.05, 3.63) is 96.3 Å². The van der Waals surface area contributed by atoms with Gasteiger partial charge in [-0.1, -0.05) is 78.7 Å². The lowest BCUT2D eigenvalue weighted by atomic mass is 10.1. The van der Waals surface area contributed by atoms with E-state index in [1.54, 1.807) is 0 Å². The van der Waals surface area contributed by atoms with E-state index in [0.717, 1.165) is 73.3 Å². The number of hydrogen-bond donors (Lipinski definition) is 0. The maximum absolute atomic E-state index is 13.3. The molecule has 0 unspecified atom stereocenters. The van der Waals surface area contributed by atoms with Crippen molar-refractivity contribution in [1.82, 2.24) is 20.0 Å². The summed E-state index contributed by atoms with van der Waals surface area (Å²) in [6.45, 7) is 2.92. The van der Waals surface area contributed by atoms with Crippen molar-refractivity contribution in [2.75, 3.05) is 31.1 Å². The van der Waals surface area contributed by atoms with Crippen LogP contribution in [0.25, 0.3) is 22.4 Å². The van der Waals surface area contributed by atoms with Crippen LogP contribution in [-0.2, 0) is 11.2 Å². The molecule has 1 amide bonds. The minimum absolute atomic E-state index is 0.185. The molecule has 2 aromatic heterocycles. The van der Waals surface area contributed by atoms with Crippen LogP contribution < -0.4 is 9.64 Å². The third kappa shape index (κ3) is 5.95. The largest absolute Gasteiger partial charge is 0.457 e. The number of nitrogens with zero attached hydrogens (tertiary/aromatic N) is 5. The predicted octanol–water partition coefficient (Wildman–Crippen LogP) is 6.90. The fourth-order valence-corrected chi connectivity index (χ4v) is 6.28. The van der Waals surface area contributed by atoms with E-state index < -0.39 is 0 Å². The molecule has 3 aromatic carbocycles. The first-order valence-corrected chi connectivity index (χ1v) is 15.3. The van der Waals surface area contributed by atoms with Crippen LogP contribution in [0.1, 0.15) is 43.5 Å². The van der Waals surface area contributed by atoms with Crippen LogP contribution in [-0.4, -0.2) is 52.1 Å². The standard InChI is InChI=1S/C35H35N5O3/c41-35(26-13-7-8-14-26)40-20-10-19-39(21-22-40)33-31-32(27-15-9-18-29(24-27)42-28-16-5-2-6-17-28)38-43-34(31)37-30(36-33)23-25-11-3-1-4-12-25/h1-6,9,11-12,15-18,24,26H,7-8,10,13-14,19-23H2. The van der Waals surface area contributed by atoms with Crippen molar-refractivity contribution >= 4 is 22.8 Å². The Morgan fingerprint density at radius 3 is 2.40 bits per heavy atom. The van der Waals surface area contributed by atoms with E-state index in [9.17, 15) is 4.79 Å². The highest BCUT2D eigenvalue weighted by Gasteiger charge is 2.30. The zero-order valence-electron chi connectivity index (χ0n) is 24.2. The van der Waals surface area contributed by atoms with E-state index in [1.165, 1.54) is 0 Å². The third-order valence-electron chi connectivity index (χ3n) is 8.47.